The molecule has 7 nitrogen and oxygen atoms in total. The van der Waals surface area contributed by atoms with Crippen molar-refractivity contribution in [3.05, 3.63) is 100 Å². The molecule has 2 N–H and O–H groups in total. The van der Waals surface area contributed by atoms with Crippen LogP contribution in [0.25, 0.3) is 11.4 Å². The molecule has 2 aromatic heterocycles. The average molecular weight is 457 g/mol. The zero-order chi connectivity index (χ0) is 22.9. The number of benzene rings is 2. The Morgan fingerprint density at radius 3 is 2.64 bits per heavy atom. The van der Waals surface area contributed by atoms with Crippen molar-refractivity contribution in [1.29, 1.82) is 0 Å². The van der Waals surface area contributed by atoms with E-state index >= 15 is 0 Å². The van der Waals surface area contributed by atoms with E-state index in [1.807, 2.05) is 44.2 Å². The van der Waals surface area contributed by atoms with Gasteiger partial charge in [0.05, 0.1) is 17.5 Å². The summed E-state index contributed by atoms with van der Waals surface area (Å²) in [5, 5.41) is 11.6. The molecule has 1 atom stereocenters. The van der Waals surface area contributed by atoms with E-state index in [0.717, 1.165) is 16.7 Å². The molecule has 4 aromatic rings. The molecule has 3 heterocycles. The van der Waals surface area contributed by atoms with Crippen LogP contribution in [0.4, 0.5) is 11.6 Å². The standard InChI is InChI=1S/C25H21ClN6O/c1-15-5-3-6-18(13-15)22-21(24(33)29-20-7-4-12-27-14-20)16(2)28-25-30-23(31-32(22)25)17-8-10-19(26)11-9-17/h3-14,22H,1-2H3,(H,29,33)(H,28,30,31). The van der Waals surface area contributed by atoms with Crippen LogP contribution in [0.5, 0.6) is 0 Å². The molecule has 0 fully saturated rings. The third kappa shape index (κ3) is 4.10. The van der Waals surface area contributed by atoms with E-state index in [1.54, 1.807) is 41.3 Å². The lowest BCUT2D eigenvalue weighted by molar-refractivity contribution is -0.113. The minimum absolute atomic E-state index is 0.228. The largest absolute Gasteiger partial charge is 0.328 e. The highest BCUT2D eigenvalue weighted by molar-refractivity contribution is 6.30. The molecule has 0 aliphatic carbocycles. The lowest BCUT2D eigenvalue weighted by Crippen LogP contribution is -2.31. The minimum Gasteiger partial charge on any atom is -0.328 e. The fourth-order valence-corrected chi connectivity index (χ4v) is 4.08. The number of aryl methyl sites for hydroxylation is 1. The molecule has 2 aromatic carbocycles. The van der Waals surface area contributed by atoms with Gasteiger partial charge >= 0.3 is 0 Å². The Bertz CT molecular complexity index is 1360. The third-order valence-electron chi connectivity index (χ3n) is 5.48. The van der Waals surface area contributed by atoms with Gasteiger partial charge in [0.25, 0.3) is 5.91 Å². The fraction of sp³-hybridized carbons (Fsp3) is 0.120. The highest BCUT2D eigenvalue weighted by atomic mass is 35.5. The van der Waals surface area contributed by atoms with Gasteiger partial charge in [-0.1, -0.05) is 41.4 Å². The maximum atomic E-state index is 13.5. The molecule has 8 heteroatoms. The Morgan fingerprint density at radius 1 is 1.09 bits per heavy atom. The van der Waals surface area contributed by atoms with Crippen LogP contribution in [0.15, 0.2) is 84.3 Å². The second-order valence-electron chi connectivity index (χ2n) is 7.89. The van der Waals surface area contributed by atoms with Gasteiger partial charge < -0.3 is 10.6 Å². The summed E-state index contributed by atoms with van der Waals surface area (Å²) >= 11 is 6.04. The first-order valence-corrected chi connectivity index (χ1v) is 10.9. The van der Waals surface area contributed by atoms with E-state index in [1.165, 1.54) is 0 Å². The summed E-state index contributed by atoms with van der Waals surface area (Å²) in [5.74, 6) is 0.893. The number of hydrogen-bond acceptors (Lipinski definition) is 5. The summed E-state index contributed by atoms with van der Waals surface area (Å²) in [6.45, 7) is 3.90. The molecule has 1 aliphatic rings. The summed E-state index contributed by atoms with van der Waals surface area (Å²) in [4.78, 5) is 22.2. The summed E-state index contributed by atoms with van der Waals surface area (Å²) < 4.78 is 1.77. The van der Waals surface area contributed by atoms with Crippen LogP contribution in [0.1, 0.15) is 24.1 Å². The number of aromatic nitrogens is 4. The Morgan fingerprint density at radius 2 is 1.91 bits per heavy atom. The maximum Gasteiger partial charge on any atom is 0.255 e. The van der Waals surface area contributed by atoms with Gasteiger partial charge in [-0.05, 0) is 55.8 Å². The molecule has 0 radical (unpaired) electrons. The van der Waals surface area contributed by atoms with Gasteiger partial charge in [-0.25, -0.2) is 4.68 Å². The molecule has 1 amide bonds. The van der Waals surface area contributed by atoms with E-state index < -0.39 is 6.04 Å². The van der Waals surface area contributed by atoms with Crippen molar-refractivity contribution < 1.29 is 4.79 Å². The summed E-state index contributed by atoms with van der Waals surface area (Å²) in [5.41, 5.74) is 4.77. The maximum absolute atomic E-state index is 13.5. The van der Waals surface area contributed by atoms with E-state index in [2.05, 4.69) is 21.7 Å². The Labute approximate surface area is 196 Å². The first-order chi connectivity index (χ1) is 16.0. The van der Waals surface area contributed by atoms with Gasteiger partial charge in [0, 0.05) is 22.5 Å². The van der Waals surface area contributed by atoms with Crippen molar-refractivity contribution in [3.63, 3.8) is 0 Å². The summed E-state index contributed by atoms with van der Waals surface area (Å²) in [7, 11) is 0. The summed E-state index contributed by atoms with van der Waals surface area (Å²) in [6.07, 6.45) is 3.28. The van der Waals surface area contributed by atoms with Crippen molar-refractivity contribution in [2.75, 3.05) is 10.6 Å². The lowest BCUT2D eigenvalue weighted by atomic mass is 9.94. The monoisotopic (exact) mass is 456 g/mol. The van der Waals surface area contributed by atoms with Crippen molar-refractivity contribution >= 4 is 29.1 Å². The molecule has 0 saturated heterocycles. The Hall–Kier alpha value is -3.97. The number of rotatable bonds is 4. The van der Waals surface area contributed by atoms with Crippen LogP contribution in [-0.4, -0.2) is 25.7 Å². The predicted molar refractivity (Wildman–Crippen MR) is 129 cm³/mol. The quantitative estimate of drug-likeness (QED) is 0.439. The lowest BCUT2D eigenvalue weighted by Gasteiger charge is -2.28. The van der Waals surface area contributed by atoms with Crippen LogP contribution < -0.4 is 10.6 Å². The summed E-state index contributed by atoms with van der Waals surface area (Å²) in [6, 6.07) is 18.6. The van der Waals surface area contributed by atoms with E-state index in [4.69, 9.17) is 21.7 Å². The number of halogens is 1. The molecular formula is C25H21ClN6O. The molecule has 0 bridgehead atoms. The van der Waals surface area contributed by atoms with Gasteiger partial charge in [0.1, 0.15) is 6.04 Å². The van der Waals surface area contributed by atoms with Crippen LogP contribution >= 0.6 is 11.6 Å². The SMILES string of the molecule is CC1=C(C(=O)Nc2cccnc2)C(c2cccc(C)c2)n2nc(-c3ccc(Cl)cc3)nc2N1. The van der Waals surface area contributed by atoms with Gasteiger partial charge in [0.2, 0.25) is 5.95 Å². The first-order valence-electron chi connectivity index (χ1n) is 10.5. The van der Waals surface area contributed by atoms with Crippen molar-refractivity contribution in [2.24, 2.45) is 0 Å². The zero-order valence-corrected chi connectivity index (χ0v) is 18.8. The molecule has 0 saturated carbocycles. The smallest absolute Gasteiger partial charge is 0.255 e. The van der Waals surface area contributed by atoms with Crippen LogP contribution in [0.3, 0.4) is 0 Å². The number of anilines is 2. The van der Waals surface area contributed by atoms with Crippen LogP contribution in [0.2, 0.25) is 5.02 Å². The van der Waals surface area contributed by atoms with Crippen molar-refractivity contribution in [2.45, 2.75) is 19.9 Å². The van der Waals surface area contributed by atoms with Crippen LogP contribution in [0, 0.1) is 6.92 Å². The number of nitrogens with zero attached hydrogens (tertiary/aromatic N) is 4. The van der Waals surface area contributed by atoms with E-state index in [9.17, 15) is 4.79 Å². The number of hydrogen-bond donors (Lipinski definition) is 2. The number of amides is 1. The number of allylic oxidation sites excluding steroid dienone is 1. The molecular weight excluding hydrogens is 436 g/mol. The molecule has 0 spiro atoms. The number of fused-ring (bicyclic) bond motifs is 1. The zero-order valence-electron chi connectivity index (χ0n) is 18.1. The Balaban J connectivity index is 1.61. The van der Waals surface area contributed by atoms with Gasteiger partial charge in [0.15, 0.2) is 5.82 Å². The molecule has 1 aliphatic heterocycles. The van der Waals surface area contributed by atoms with Gasteiger partial charge in [-0.15, -0.1) is 5.10 Å². The first kappa shape index (κ1) is 20.9. The van der Waals surface area contributed by atoms with E-state index in [0.29, 0.717) is 33.8 Å². The minimum atomic E-state index is -0.452. The van der Waals surface area contributed by atoms with E-state index in [-0.39, 0.29) is 5.91 Å². The molecule has 33 heavy (non-hydrogen) atoms. The van der Waals surface area contributed by atoms with Crippen LogP contribution in [-0.2, 0) is 4.79 Å². The fourth-order valence-electron chi connectivity index (χ4n) is 3.95. The second-order valence-corrected chi connectivity index (χ2v) is 8.32. The number of carbonyl (C=O) groups excluding carboxylic acids is 1. The van der Waals surface area contributed by atoms with Gasteiger partial charge in [-0.3, -0.25) is 9.78 Å². The predicted octanol–water partition coefficient (Wildman–Crippen LogP) is 5.23. The molecule has 5 rings (SSSR count). The van der Waals surface area contributed by atoms with Gasteiger partial charge in [-0.2, -0.15) is 4.98 Å². The second kappa shape index (κ2) is 8.52. The topological polar surface area (TPSA) is 84.7 Å². The van der Waals surface area contributed by atoms with Crippen molar-refractivity contribution in [1.82, 2.24) is 19.7 Å². The number of pyridine rings is 1. The molecule has 164 valence electrons. The molecule has 1 unspecified atom stereocenters. The number of nitrogens with one attached hydrogen (secondary N) is 2. The Kier molecular flexibility index (Phi) is 5.40. The van der Waals surface area contributed by atoms with Crippen molar-refractivity contribution in [3.8, 4) is 11.4 Å². The average Bonchev–Trinajstić information content (AvgIpc) is 3.22. The highest BCUT2D eigenvalue weighted by Crippen LogP contribution is 2.37. The normalized spacial score (nSPS) is 15.1. The third-order valence-corrected chi connectivity index (χ3v) is 5.73. The highest BCUT2D eigenvalue weighted by Gasteiger charge is 2.34. The number of carbonyl (C=O) groups is 1.